The van der Waals surface area contributed by atoms with Crippen LogP contribution in [0.3, 0.4) is 0 Å². The van der Waals surface area contributed by atoms with E-state index in [9.17, 15) is 9.59 Å². The summed E-state index contributed by atoms with van der Waals surface area (Å²) in [5.41, 5.74) is 3.19. The maximum Gasteiger partial charge on any atom is 0.155 e. The molecule has 0 aliphatic heterocycles. The van der Waals surface area contributed by atoms with Gasteiger partial charge in [-0.15, -0.1) is 11.3 Å². The number of unbranched alkanes of at least 4 members (excludes halogenated alkanes) is 1. The van der Waals surface area contributed by atoms with E-state index in [2.05, 4.69) is 19.1 Å². The summed E-state index contributed by atoms with van der Waals surface area (Å²) in [7, 11) is 0. The number of carbonyl (C=O) groups is 2. The maximum atomic E-state index is 13.3. The van der Waals surface area contributed by atoms with Crippen molar-refractivity contribution in [2.45, 2.75) is 50.9 Å². The molecule has 128 valence electrons. The molecule has 1 saturated carbocycles. The molecule has 2 aliphatic rings. The summed E-state index contributed by atoms with van der Waals surface area (Å²) in [5, 5.41) is 2.04. The van der Waals surface area contributed by atoms with E-state index < -0.39 is 5.41 Å². The zero-order valence-electron chi connectivity index (χ0n) is 14.5. The molecule has 0 N–H and O–H groups in total. The highest BCUT2D eigenvalue weighted by Crippen LogP contribution is 2.56. The van der Waals surface area contributed by atoms with Crippen molar-refractivity contribution in [3.8, 4) is 0 Å². The van der Waals surface area contributed by atoms with E-state index >= 15 is 0 Å². The van der Waals surface area contributed by atoms with Crippen LogP contribution in [0.1, 0.15) is 61.5 Å². The SMILES string of the molecule is CCCCC1=C(c2cccs2)C2(C(=O)CCCC2=O)c2ccccc21. The summed E-state index contributed by atoms with van der Waals surface area (Å²) >= 11 is 1.64. The second-order valence-electron chi connectivity index (χ2n) is 6.93. The molecule has 1 aromatic heterocycles. The Bertz CT molecular complexity index is 842. The van der Waals surface area contributed by atoms with Gasteiger partial charge in [-0.25, -0.2) is 0 Å². The van der Waals surface area contributed by atoms with Gasteiger partial charge in [0.2, 0.25) is 0 Å². The Morgan fingerprint density at radius 2 is 1.80 bits per heavy atom. The van der Waals surface area contributed by atoms with E-state index in [-0.39, 0.29) is 11.6 Å². The summed E-state index contributed by atoms with van der Waals surface area (Å²) in [6.07, 6.45) is 4.76. The van der Waals surface area contributed by atoms with Crippen molar-refractivity contribution in [2.75, 3.05) is 0 Å². The zero-order chi connectivity index (χ0) is 17.4. The third-order valence-corrected chi connectivity index (χ3v) is 6.41. The number of thiophene rings is 1. The summed E-state index contributed by atoms with van der Waals surface area (Å²) < 4.78 is 0. The smallest absolute Gasteiger partial charge is 0.155 e. The van der Waals surface area contributed by atoms with Gasteiger partial charge in [0.25, 0.3) is 0 Å². The molecule has 4 rings (SSSR count). The number of rotatable bonds is 4. The Kier molecular flexibility index (Phi) is 4.20. The maximum absolute atomic E-state index is 13.3. The number of Topliss-reactive ketones (excluding diaryl/α,β-unsaturated/α-hetero) is 2. The largest absolute Gasteiger partial charge is 0.298 e. The Balaban J connectivity index is 2.05. The topological polar surface area (TPSA) is 34.1 Å². The highest BCUT2D eigenvalue weighted by Gasteiger charge is 2.56. The molecule has 0 saturated heterocycles. The minimum absolute atomic E-state index is 0.0890. The van der Waals surface area contributed by atoms with Gasteiger partial charge in [0.1, 0.15) is 5.41 Å². The van der Waals surface area contributed by atoms with E-state index in [1.165, 1.54) is 5.57 Å². The third-order valence-electron chi connectivity index (χ3n) is 5.53. The highest BCUT2D eigenvalue weighted by atomic mass is 32.1. The molecule has 1 fully saturated rings. The predicted octanol–water partition coefficient (Wildman–Crippen LogP) is 5.42. The summed E-state index contributed by atoms with van der Waals surface area (Å²) in [5.74, 6) is 0.178. The fraction of sp³-hybridized carbons (Fsp3) is 0.364. The molecule has 1 spiro atoms. The van der Waals surface area contributed by atoms with Gasteiger partial charge < -0.3 is 0 Å². The van der Waals surface area contributed by atoms with Crippen LogP contribution in [0.4, 0.5) is 0 Å². The second kappa shape index (κ2) is 6.38. The van der Waals surface area contributed by atoms with Gasteiger partial charge in [0.05, 0.1) is 0 Å². The number of fused-ring (bicyclic) bond motifs is 2. The molecule has 2 aromatic rings. The number of ketones is 2. The average molecular weight is 350 g/mol. The normalized spacial score (nSPS) is 18.9. The van der Waals surface area contributed by atoms with Crippen LogP contribution in [0.15, 0.2) is 41.8 Å². The lowest BCUT2D eigenvalue weighted by atomic mass is 9.64. The first-order chi connectivity index (χ1) is 12.2. The van der Waals surface area contributed by atoms with E-state index in [4.69, 9.17) is 0 Å². The first kappa shape index (κ1) is 16.5. The summed E-state index contributed by atoms with van der Waals surface area (Å²) in [4.78, 5) is 27.6. The van der Waals surface area contributed by atoms with Crippen molar-refractivity contribution in [1.82, 2.24) is 0 Å². The molecule has 0 atom stereocenters. The van der Waals surface area contributed by atoms with Gasteiger partial charge in [0.15, 0.2) is 11.6 Å². The van der Waals surface area contributed by atoms with E-state index in [1.54, 1.807) is 11.3 Å². The van der Waals surface area contributed by atoms with Crippen LogP contribution in [0.5, 0.6) is 0 Å². The third kappa shape index (κ3) is 2.29. The van der Waals surface area contributed by atoms with Crippen LogP contribution < -0.4 is 0 Å². The Morgan fingerprint density at radius 1 is 1.04 bits per heavy atom. The number of allylic oxidation sites excluding steroid dienone is 2. The molecule has 0 amide bonds. The van der Waals surface area contributed by atoms with Crippen molar-refractivity contribution >= 4 is 34.0 Å². The van der Waals surface area contributed by atoms with Gasteiger partial charge in [-0.2, -0.15) is 0 Å². The van der Waals surface area contributed by atoms with Crippen LogP contribution in [0.25, 0.3) is 11.1 Å². The molecule has 1 aromatic carbocycles. The molecular formula is C22H22O2S. The van der Waals surface area contributed by atoms with Crippen molar-refractivity contribution < 1.29 is 9.59 Å². The quantitative estimate of drug-likeness (QED) is 0.690. The van der Waals surface area contributed by atoms with E-state index in [1.807, 2.05) is 29.6 Å². The van der Waals surface area contributed by atoms with Crippen LogP contribution >= 0.6 is 11.3 Å². The average Bonchev–Trinajstić information content (AvgIpc) is 3.23. The predicted molar refractivity (Wildman–Crippen MR) is 103 cm³/mol. The summed E-state index contributed by atoms with van der Waals surface area (Å²) in [6.45, 7) is 2.18. The first-order valence-corrected chi connectivity index (χ1v) is 10.0. The van der Waals surface area contributed by atoms with Crippen molar-refractivity contribution in [2.24, 2.45) is 0 Å². The van der Waals surface area contributed by atoms with Gasteiger partial charge in [-0.3, -0.25) is 9.59 Å². The molecule has 0 unspecified atom stereocenters. The molecular weight excluding hydrogens is 328 g/mol. The summed E-state index contributed by atoms with van der Waals surface area (Å²) in [6, 6.07) is 12.2. The van der Waals surface area contributed by atoms with Crippen LogP contribution in [-0.2, 0) is 15.0 Å². The fourth-order valence-corrected chi connectivity index (χ4v) is 5.31. The molecule has 3 heteroatoms. The van der Waals surface area contributed by atoms with Gasteiger partial charge >= 0.3 is 0 Å². The van der Waals surface area contributed by atoms with Crippen molar-refractivity contribution in [1.29, 1.82) is 0 Å². The molecule has 0 radical (unpaired) electrons. The minimum atomic E-state index is -1.05. The molecule has 2 aliphatic carbocycles. The van der Waals surface area contributed by atoms with Gasteiger partial charge in [-0.1, -0.05) is 43.7 Å². The Morgan fingerprint density at radius 3 is 2.48 bits per heavy atom. The molecule has 0 bridgehead atoms. The minimum Gasteiger partial charge on any atom is -0.298 e. The number of hydrogen-bond donors (Lipinski definition) is 0. The highest BCUT2D eigenvalue weighted by molar-refractivity contribution is 7.11. The van der Waals surface area contributed by atoms with Crippen LogP contribution in [-0.4, -0.2) is 11.6 Å². The van der Waals surface area contributed by atoms with Crippen LogP contribution in [0, 0.1) is 0 Å². The van der Waals surface area contributed by atoms with Crippen LogP contribution in [0.2, 0.25) is 0 Å². The lowest BCUT2D eigenvalue weighted by Crippen LogP contribution is -2.46. The fourth-order valence-electron chi connectivity index (χ4n) is 4.46. The first-order valence-electron chi connectivity index (χ1n) is 9.15. The van der Waals surface area contributed by atoms with E-state index in [0.29, 0.717) is 19.3 Å². The van der Waals surface area contributed by atoms with Gasteiger partial charge in [0, 0.05) is 17.7 Å². The number of carbonyl (C=O) groups excluding carboxylic acids is 2. The molecule has 25 heavy (non-hydrogen) atoms. The van der Waals surface area contributed by atoms with E-state index in [0.717, 1.165) is 40.8 Å². The standard InChI is InChI=1S/C22H22O2S/c1-2-3-8-16-15-9-4-5-10-17(15)22(19(23)12-6-13-20(22)24)21(16)18-11-7-14-25-18/h4-5,7,9-11,14H,2-3,6,8,12-13H2,1H3. The van der Waals surface area contributed by atoms with Crippen molar-refractivity contribution in [3.63, 3.8) is 0 Å². The monoisotopic (exact) mass is 350 g/mol. The zero-order valence-corrected chi connectivity index (χ0v) is 15.3. The second-order valence-corrected chi connectivity index (χ2v) is 7.88. The lowest BCUT2D eigenvalue weighted by Gasteiger charge is -2.34. The Labute approximate surface area is 152 Å². The number of benzene rings is 1. The molecule has 1 heterocycles. The lowest BCUT2D eigenvalue weighted by molar-refractivity contribution is -0.135. The van der Waals surface area contributed by atoms with Gasteiger partial charge in [-0.05, 0) is 53.0 Å². The number of hydrogen-bond acceptors (Lipinski definition) is 3. The molecule has 2 nitrogen and oxygen atoms in total. The Hall–Kier alpha value is -2.00. The van der Waals surface area contributed by atoms with Crippen molar-refractivity contribution in [3.05, 3.63) is 57.8 Å².